The van der Waals surface area contributed by atoms with Crippen LogP contribution in [0.15, 0.2) is 18.2 Å². The number of thiazole rings is 1. The molecule has 2 aromatic rings. The van der Waals surface area contributed by atoms with Crippen molar-refractivity contribution in [2.45, 2.75) is 26.4 Å². The third-order valence-corrected chi connectivity index (χ3v) is 3.95. The summed E-state index contributed by atoms with van der Waals surface area (Å²) in [6.07, 6.45) is -0.566. The highest BCUT2D eigenvalue weighted by Crippen LogP contribution is 2.32. The van der Waals surface area contributed by atoms with Gasteiger partial charge in [-0.25, -0.2) is 4.98 Å². The molecule has 1 aromatic heterocycles. The Morgan fingerprint density at radius 2 is 2.25 bits per heavy atom. The first-order chi connectivity index (χ1) is 9.51. The summed E-state index contributed by atoms with van der Waals surface area (Å²) in [5, 5.41) is 12.9. The van der Waals surface area contributed by atoms with Crippen molar-refractivity contribution in [3.05, 3.63) is 18.2 Å². The maximum absolute atomic E-state index is 11.8. The van der Waals surface area contributed by atoms with E-state index in [1.54, 1.807) is 7.11 Å². The van der Waals surface area contributed by atoms with Gasteiger partial charge in [-0.05, 0) is 18.1 Å². The first-order valence-electron chi connectivity index (χ1n) is 6.42. The smallest absolute Gasteiger partial charge is 0.228 e. The van der Waals surface area contributed by atoms with Gasteiger partial charge in [0.15, 0.2) is 5.13 Å². The van der Waals surface area contributed by atoms with Gasteiger partial charge in [0.05, 0.1) is 24.3 Å². The number of hydrogen-bond donors (Lipinski definition) is 2. The zero-order valence-electron chi connectivity index (χ0n) is 11.7. The lowest BCUT2D eigenvalue weighted by Crippen LogP contribution is -2.23. The Kier molecular flexibility index (Phi) is 4.57. The van der Waals surface area contributed by atoms with Crippen LogP contribution in [0.1, 0.15) is 20.3 Å². The summed E-state index contributed by atoms with van der Waals surface area (Å²) < 4.78 is 6.18. The number of aliphatic hydroxyl groups excluding tert-OH is 1. The highest BCUT2D eigenvalue weighted by Gasteiger charge is 2.16. The number of para-hydroxylation sites is 1. The van der Waals surface area contributed by atoms with Crippen molar-refractivity contribution in [2.75, 3.05) is 12.4 Å². The molecule has 0 radical (unpaired) electrons. The maximum atomic E-state index is 11.8. The molecule has 1 heterocycles. The molecule has 1 aromatic carbocycles. The van der Waals surface area contributed by atoms with Crippen molar-refractivity contribution in [1.29, 1.82) is 0 Å². The normalized spacial score (nSPS) is 12.7. The van der Waals surface area contributed by atoms with Crippen LogP contribution in [0.4, 0.5) is 5.13 Å². The van der Waals surface area contributed by atoms with E-state index in [1.807, 2.05) is 32.0 Å². The SMILES string of the molecule is COc1cccc2sc(NC(=O)CC(O)C(C)C)nc12. The van der Waals surface area contributed by atoms with Gasteiger partial charge in [0.2, 0.25) is 5.91 Å². The molecule has 0 aliphatic heterocycles. The van der Waals surface area contributed by atoms with Crippen molar-refractivity contribution in [2.24, 2.45) is 5.92 Å². The number of hydrogen-bond acceptors (Lipinski definition) is 5. The number of nitrogens with one attached hydrogen (secondary N) is 1. The molecule has 6 heteroatoms. The van der Waals surface area contributed by atoms with Crippen LogP contribution in [-0.2, 0) is 4.79 Å². The fourth-order valence-corrected chi connectivity index (χ4v) is 2.64. The lowest BCUT2D eigenvalue weighted by molar-refractivity contribution is -0.118. The first-order valence-corrected chi connectivity index (χ1v) is 7.24. The number of nitrogens with zero attached hydrogens (tertiary/aromatic N) is 1. The molecule has 0 saturated carbocycles. The molecule has 1 atom stereocenters. The molecule has 0 bridgehead atoms. The average Bonchev–Trinajstić information content (AvgIpc) is 2.80. The van der Waals surface area contributed by atoms with E-state index >= 15 is 0 Å². The van der Waals surface area contributed by atoms with Gasteiger partial charge in [0.1, 0.15) is 11.3 Å². The predicted octanol–water partition coefficient (Wildman–Crippen LogP) is 2.65. The number of fused-ring (bicyclic) bond motifs is 1. The van der Waals surface area contributed by atoms with Crippen molar-refractivity contribution in [3.63, 3.8) is 0 Å². The minimum absolute atomic E-state index is 0.0520. The van der Waals surface area contributed by atoms with Gasteiger partial charge in [-0.2, -0.15) is 0 Å². The van der Waals surface area contributed by atoms with E-state index in [-0.39, 0.29) is 18.2 Å². The number of benzene rings is 1. The van der Waals surface area contributed by atoms with Crippen LogP contribution in [0.25, 0.3) is 10.2 Å². The molecular weight excluding hydrogens is 276 g/mol. The van der Waals surface area contributed by atoms with Gasteiger partial charge in [-0.15, -0.1) is 0 Å². The largest absolute Gasteiger partial charge is 0.494 e. The van der Waals surface area contributed by atoms with Crippen LogP contribution in [0.3, 0.4) is 0 Å². The van der Waals surface area contributed by atoms with Gasteiger partial charge in [0.25, 0.3) is 0 Å². The second-order valence-electron chi connectivity index (χ2n) is 4.89. The van der Waals surface area contributed by atoms with Crippen molar-refractivity contribution in [3.8, 4) is 5.75 Å². The Balaban J connectivity index is 2.12. The Hall–Kier alpha value is -1.66. The summed E-state index contributed by atoms with van der Waals surface area (Å²) in [7, 11) is 1.59. The maximum Gasteiger partial charge on any atom is 0.228 e. The standard InChI is InChI=1S/C14H18N2O3S/c1-8(2)9(17)7-12(18)15-14-16-13-10(19-3)5-4-6-11(13)20-14/h4-6,8-9,17H,7H2,1-3H3,(H,15,16,18). The Morgan fingerprint density at radius 3 is 2.90 bits per heavy atom. The molecule has 20 heavy (non-hydrogen) atoms. The summed E-state index contributed by atoms with van der Waals surface area (Å²) in [5.74, 6) is 0.502. The summed E-state index contributed by atoms with van der Waals surface area (Å²) in [5.41, 5.74) is 0.736. The van der Waals surface area contributed by atoms with Crippen LogP contribution in [0.5, 0.6) is 5.75 Å². The number of amides is 1. The lowest BCUT2D eigenvalue weighted by Gasteiger charge is -2.12. The van der Waals surface area contributed by atoms with Crippen LogP contribution in [0.2, 0.25) is 0 Å². The highest BCUT2D eigenvalue weighted by molar-refractivity contribution is 7.22. The van der Waals surface area contributed by atoms with Crippen LogP contribution >= 0.6 is 11.3 Å². The van der Waals surface area contributed by atoms with E-state index in [1.165, 1.54) is 11.3 Å². The van der Waals surface area contributed by atoms with Gasteiger partial charge >= 0.3 is 0 Å². The second-order valence-corrected chi connectivity index (χ2v) is 5.92. The van der Waals surface area contributed by atoms with Gasteiger partial charge in [0, 0.05) is 0 Å². The minimum atomic E-state index is -0.640. The van der Waals surface area contributed by atoms with Crippen molar-refractivity contribution < 1.29 is 14.6 Å². The highest BCUT2D eigenvalue weighted by atomic mass is 32.1. The summed E-state index contributed by atoms with van der Waals surface area (Å²) in [6, 6.07) is 5.64. The number of ether oxygens (including phenoxy) is 1. The third kappa shape index (κ3) is 3.26. The third-order valence-electron chi connectivity index (χ3n) is 3.01. The van der Waals surface area contributed by atoms with Crippen molar-refractivity contribution >= 4 is 32.6 Å². The molecule has 0 fully saturated rings. The monoisotopic (exact) mass is 294 g/mol. The molecule has 0 aliphatic carbocycles. The number of rotatable bonds is 5. The Labute approximate surface area is 121 Å². The topological polar surface area (TPSA) is 71.5 Å². The molecule has 5 nitrogen and oxygen atoms in total. The zero-order valence-corrected chi connectivity index (χ0v) is 12.5. The first kappa shape index (κ1) is 14.7. The molecule has 0 spiro atoms. The summed E-state index contributed by atoms with van der Waals surface area (Å²) in [6.45, 7) is 3.75. The van der Waals surface area contributed by atoms with E-state index in [2.05, 4.69) is 10.3 Å². The van der Waals surface area contributed by atoms with E-state index in [9.17, 15) is 9.90 Å². The predicted molar refractivity (Wildman–Crippen MR) is 80.3 cm³/mol. The lowest BCUT2D eigenvalue weighted by atomic mass is 10.0. The number of aliphatic hydroxyl groups is 1. The van der Waals surface area contributed by atoms with Crippen LogP contribution in [-0.4, -0.2) is 29.2 Å². The molecule has 2 rings (SSSR count). The molecule has 0 aliphatic rings. The van der Waals surface area contributed by atoms with Crippen LogP contribution < -0.4 is 10.1 Å². The molecule has 0 saturated heterocycles. The van der Waals surface area contributed by atoms with E-state index in [4.69, 9.17) is 4.74 Å². The van der Waals surface area contributed by atoms with Gasteiger partial charge in [-0.3, -0.25) is 4.79 Å². The molecule has 1 unspecified atom stereocenters. The molecule has 108 valence electrons. The van der Waals surface area contributed by atoms with E-state index in [0.717, 1.165) is 10.2 Å². The Morgan fingerprint density at radius 1 is 1.50 bits per heavy atom. The van der Waals surface area contributed by atoms with Gasteiger partial charge < -0.3 is 15.2 Å². The van der Waals surface area contributed by atoms with E-state index < -0.39 is 6.10 Å². The minimum Gasteiger partial charge on any atom is -0.494 e. The summed E-state index contributed by atoms with van der Waals surface area (Å²) >= 11 is 1.39. The van der Waals surface area contributed by atoms with Crippen molar-refractivity contribution in [1.82, 2.24) is 4.98 Å². The number of anilines is 1. The number of aromatic nitrogens is 1. The number of methoxy groups -OCH3 is 1. The second kappa shape index (κ2) is 6.19. The molecular formula is C14H18N2O3S. The Bertz CT molecular complexity index is 609. The van der Waals surface area contributed by atoms with E-state index in [0.29, 0.717) is 10.9 Å². The van der Waals surface area contributed by atoms with Crippen LogP contribution in [0, 0.1) is 5.92 Å². The number of carbonyl (C=O) groups is 1. The fraction of sp³-hybridized carbons (Fsp3) is 0.429. The molecule has 1 amide bonds. The number of carbonyl (C=O) groups excluding carboxylic acids is 1. The zero-order chi connectivity index (χ0) is 14.7. The fourth-order valence-electron chi connectivity index (χ4n) is 1.74. The van der Waals surface area contributed by atoms with Gasteiger partial charge in [-0.1, -0.05) is 31.3 Å². The average molecular weight is 294 g/mol. The quantitative estimate of drug-likeness (QED) is 0.889. The molecule has 2 N–H and O–H groups in total. The summed E-state index contributed by atoms with van der Waals surface area (Å²) in [4.78, 5) is 16.2.